The van der Waals surface area contributed by atoms with Crippen LogP contribution in [-0.2, 0) is 20.6 Å². The molecule has 1 heterocycles. The fourth-order valence-corrected chi connectivity index (χ4v) is 3.81. The minimum absolute atomic E-state index is 0.0109. The third kappa shape index (κ3) is 10.9. The zero-order valence-corrected chi connectivity index (χ0v) is 22.7. The number of aliphatic imine (C=N–C) groups is 1. The molecule has 16 heteroatoms. The lowest BCUT2D eigenvalue weighted by atomic mass is 9.97. The average molecular weight is 627 g/mol. The molecule has 0 aromatic heterocycles. The first-order chi connectivity index (χ1) is 19.7. The summed E-state index contributed by atoms with van der Waals surface area (Å²) in [6, 6.07) is 8.95. The van der Waals surface area contributed by atoms with Crippen molar-refractivity contribution < 1.29 is 53.9 Å². The number of halogens is 9. The van der Waals surface area contributed by atoms with Gasteiger partial charge in [0.2, 0.25) is 18.0 Å². The largest absolute Gasteiger partial charge is 0.416 e. The summed E-state index contributed by atoms with van der Waals surface area (Å²) in [5, 5.41) is 4.78. The van der Waals surface area contributed by atoms with Gasteiger partial charge in [0.05, 0.1) is 17.0 Å². The Bertz CT molecular complexity index is 1350. The number of fused-ring (bicyclic) bond motifs is 1. The van der Waals surface area contributed by atoms with Gasteiger partial charge in [-0.25, -0.2) is 4.99 Å². The zero-order valence-electron chi connectivity index (χ0n) is 22.7. The second-order valence-corrected chi connectivity index (χ2v) is 9.44. The first-order valence-electron chi connectivity index (χ1n) is 12.6. The zero-order chi connectivity index (χ0) is 32.8. The maximum atomic E-state index is 13.4. The van der Waals surface area contributed by atoms with Gasteiger partial charge in [0.1, 0.15) is 0 Å². The highest BCUT2D eigenvalue weighted by molar-refractivity contribution is 6.20. The number of benzodiazepines with no additional fused rings is 1. The van der Waals surface area contributed by atoms with Gasteiger partial charge in [0, 0.05) is 36.3 Å². The minimum atomic E-state index is -4.67. The molecular formula is C27H27F9N4O3. The van der Waals surface area contributed by atoms with Gasteiger partial charge >= 0.3 is 18.5 Å². The fraction of sp³-hybridized carbons (Fsp3) is 0.407. The van der Waals surface area contributed by atoms with Crippen LogP contribution >= 0.6 is 0 Å². The van der Waals surface area contributed by atoms with Crippen molar-refractivity contribution in [2.75, 3.05) is 5.32 Å². The number of rotatable bonds is 7. The van der Waals surface area contributed by atoms with Crippen LogP contribution in [0.25, 0.3) is 0 Å². The number of carbonyl (C=O) groups excluding carboxylic acids is 3. The number of amides is 3. The average Bonchev–Trinajstić information content (AvgIpc) is 3.02. The van der Waals surface area contributed by atoms with Crippen LogP contribution in [0.3, 0.4) is 0 Å². The van der Waals surface area contributed by atoms with E-state index in [0.29, 0.717) is 5.56 Å². The van der Waals surface area contributed by atoms with E-state index in [-0.39, 0.29) is 22.5 Å². The highest BCUT2D eigenvalue weighted by atomic mass is 19.4. The molecule has 2 unspecified atom stereocenters. The lowest BCUT2D eigenvalue weighted by molar-refractivity contribution is -0.143. The van der Waals surface area contributed by atoms with E-state index >= 15 is 0 Å². The Hall–Kier alpha value is -4.11. The maximum absolute atomic E-state index is 13.4. The molecule has 0 aliphatic carbocycles. The Balaban J connectivity index is 0.000000973. The molecule has 0 saturated carbocycles. The Kier molecular flexibility index (Phi) is 11.3. The number of alkyl halides is 9. The number of nitrogens with one attached hydrogen (secondary N) is 2. The van der Waals surface area contributed by atoms with Crippen LogP contribution in [0.4, 0.5) is 45.2 Å². The van der Waals surface area contributed by atoms with Crippen molar-refractivity contribution in [1.82, 2.24) is 5.32 Å². The molecule has 2 aromatic carbocycles. The molecule has 1 aliphatic heterocycles. The Morgan fingerprint density at radius 3 is 2.14 bits per heavy atom. The van der Waals surface area contributed by atoms with Crippen molar-refractivity contribution in [2.24, 2.45) is 16.6 Å². The molecule has 1 aliphatic rings. The number of carbonyl (C=O) groups is 3. The fourth-order valence-electron chi connectivity index (χ4n) is 3.81. The molecule has 4 N–H and O–H groups in total. The molecule has 0 fully saturated rings. The van der Waals surface area contributed by atoms with E-state index in [0.717, 1.165) is 25.1 Å². The second kappa shape index (κ2) is 13.9. The predicted octanol–water partition coefficient (Wildman–Crippen LogP) is 6.04. The van der Waals surface area contributed by atoms with Crippen molar-refractivity contribution in [3.8, 4) is 0 Å². The summed E-state index contributed by atoms with van der Waals surface area (Å²) >= 11 is 0. The highest BCUT2D eigenvalue weighted by Gasteiger charge is 2.35. The molecule has 7 nitrogen and oxygen atoms in total. The summed E-state index contributed by atoms with van der Waals surface area (Å²) < 4.78 is 111. The molecular weight excluding hydrogens is 599 g/mol. The van der Waals surface area contributed by atoms with Gasteiger partial charge in [0.25, 0.3) is 5.91 Å². The predicted molar refractivity (Wildman–Crippen MR) is 138 cm³/mol. The van der Waals surface area contributed by atoms with Crippen LogP contribution in [0, 0.1) is 12.8 Å². The molecule has 0 spiro atoms. The van der Waals surface area contributed by atoms with E-state index < -0.39 is 79.6 Å². The second-order valence-electron chi connectivity index (χ2n) is 9.44. The van der Waals surface area contributed by atoms with Crippen LogP contribution in [0.15, 0.2) is 47.5 Å². The van der Waals surface area contributed by atoms with E-state index in [2.05, 4.69) is 15.6 Å². The van der Waals surface area contributed by atoms with Crippen molar-refractivity contribution in [2.45, 2.75) is 64.2 Å². The molecule has 236 valence electrons. The Morgan fingerprint density at radius 2 is 1.60 bits per heavy atom. The number of hydrogen-bond acceptors (Lipinski definition) is 4. The van der Waals surface area contributed by atoms with Crippen molar-refractivity contribution in [3.63, 3.8) is 0 Å². The Morgan fingerprint density at radius 1 is 1.00 bits per heavy atom. The van der Waals surface area contributed by atoms with Gasteiger partial charge in [-0.2, -0.15) is 39.5 Å². The molecule has 0 bridgehead atoms. The summed E-state index contributed by atoms with van der Waals surface area (Å²) in [6.07, 6.45) is -18.5. The smallest absolute Gasteiger partial charge is 0.370 e. The lowest BCUT2D eigenvalue weighted by Crippen LogP contribution is -2.45. The molecule has 2 atom stereocenters. The van der Waals surface area contributed by atoms with E-state index in [4.69, 9.17) is 5.73 Å². The lowest BCUT2D eigenvalue weighted by Gasteiger charge is -2.19. The summed E-state index contributed by atoms with van der Waals surface area (Å²) in [6.45, 7) is 2.72. The number of primary amides is 1. The SMILES string of the molecule is CCC(F)(F)F.Cc1cccc2c1NC(=O)C(NC(=O)C(CCC(F)(F)F)CC(N)=O)N=C2c1cccc(C(F)(F)F)c1. The molecule has 2 aromatic rings. The monoisotopic (exact) mass is 626 g/mol. The highest BCUT2D eigenvalue weighted by Crippen LogP contribution is 2.32. The van der Waals surface area contributed by atoms with Gasteiger partial charge in [-0.15, -0.1) is 0 Å². The number of anilines is 1. The summed E-state index contributed by atoms with van der Waals surface area (Å²) in [4.78, 5) is 41.3. The van der Waals surface area contributed by atoms with Crippen molar-refractivity contribution in [1.29, 1.82) is 0 Å². The van der Waals surface area contributed by atoms with Crippen LogP contribution < -0.4 is 16.4 Å². The van der Waals surface area contributed by atoms with Crippen molar-refractivity contribution in [3.05, 3.63) is 64.7 Å². The van der Waals surface area contributed by atoms with Gasteiger partial charge < -0.3 is 16.4 Å². The third-order valence-corrected chi connectivity index (χ3v) is 6.02. The third-order valence-electron chi connectivity index (χ3n) is 6.02. The molecule has 3 rings (SSSR count). The standard InChI is InChI=1S/C24H22F6N4O3.C3H5F3/c1-12-4-2-7-16-18(12)33-22(37)20(32-19(16)13-5-3-6-15(10-13)24(28,29)30)34-21(36)14(11-17(31)35)8-9-23(25,26)27;1-2-3(4,5)6/h2-7,10,14,20H,8-9,11H2,1H3,(H2,31,35)(H,33,37)(H,34,36);2H2,1H3. The number of nitrogens with two attached hydrogens (primary N) is 1. The summed E-state index contributed by atoms with van der Waals surface area (Å²) in [5.74, 6) is -4.49. The number of aryl methyl sites for hydroxylation is 1. The maximum Gasteiger partial charge on any atom is 0.416 e. The van der Waals surface area contributed by atoms with E-state index in [1.807, 2.05) is 0 Å². The quantitative estimate of drug-likeness (QED) is 0.326. The Labute approximate surface area is 239 Å². The van der Waals surface area contributed by atoms with Gasteiger partial charge in [0.15, 0.2) is 0 Å². The molecule has 43 heavy (non-hydrogen) atoms. The number of benzene rings is 2. The summed E-state index contributed by atoms with van der Waals surface area (Å²) in [7, 11) is 0. The summed E-state index contributed by atoms with van der Waals surface area (Å²) in [5.41, 5.74) is 5.10. The van der Waals surface area contributed by atoms with E-state index in [1.54, 1.807) is 19.1 Å². The number of para-hydroxylation sites is 1. The topological polar surface area (TPSA) is 114 Å². The minimum Gasteiger partial charge on any atom is -0.370 e. The van der Waals surface area contributed by atoms with Gasteiger partial charge in [-0.3, -0.25) is 14.4 Å². The first-order valence-corrected chi connectivity index (χ1v) is 12.6. The first kappa shape index (κ1) is 35.1. The van der Waals surface area contributed by atoms with Crippen LogP contribution in [0.5, 0.6) is 0 Å². The van der Waals surface area contributed by atoms with E-state index in [1.165, 1.54) is 12.1 Å². The van der Waals surface area contributed by atoms with Crippen LogP contribution in [0.2, 0.25) is 0 Å². The molecule has 0 radical (unpaired) electrons. The van der Waals surface area contributed by atoms with E-state index in [9.17, 15) is 53.9 Å². The normalized spacial score (nSPS) is 16.0. The number of nitrogens with zero attached hydrogens (tertiary/aromatic N) is 1. The molecule has 3 amide bonds. The van der Waals surface area contributed by atoms with Gasteiger partial charge in [-0.05, 0) is 31.0 Å². The van der Waals surface area contributed by atoms with Crippen LogP contribution in [-0.4, -0.2) is 42.0 Å². The number of hydrogen-bond donors (Lipinski definition) is 3. The molecule has 0 saturated heterocycles. The van der Waals surface area contributed by atoms with Crippen molar-refractivity contribution >= 4 is 29.1 Å². The van der Waals surface area contributed by atoms with Gasteiger partial charge in [-0.1, -0.05) is 37.3 Å². The van der Waals surface area contributed by atoms with Crippen LogP contribution in [0.1, 0.15) is 54.9 Å².